The summed E-state index contributed by atoms with van der Waals surface area (Å²) in [5, 5.41) is 12.4. The summed E-state index contributed by atoms with van der Waals surface area (Å²) in [6, 6.07) is 4.70. The molecule has 8 nitrogen and oxygen atoms in total. The fourth-order valence-electron chi connectivity index (χ4n) is 7.77. The highest BCUT2D eigenvalue weighted by Crippen LogP contribution is 2.41. The number of carboxylic acid groups (broad SMARTS) is 1. The number of aryl methyl sites for hydroxylation is 3. The Morgan fingerprint density at radius 2 is 1.65 bits per heavy atom. The minimum absolute atomic E-state index is 0.0392. The van der Waals surface area contributed by atoms with E-state index < -0.39 is 59.4 Å². The van der Waals surface area contributed by atoms with Crippen LogP contribution >= 0.6 is 0 Å². The van der Waals surface area contributed by atoms with Gasteiger partial charge in [-0.25, -0.2) is 9.18 Å². The van der Waals surface area contributed by atoms with E-state index in [2.05, 4.69) is 5.32 Å². The summed E-state index contributed by atoms with van der Waals surface area (Å²) < 4.78 is 58.2. The molecule has 51 heavy (non-hydrogen) atoms. The number of aromatic nitrogens is 1. The number of fused-ring (bicyclic) bond motifs is 1. The fourth-order valence-corrected chi connectivity index (χ4v) is 7.77. The number of ketones is 1. The highest BCUT2D eigenvalue weighted by atomic mass is 19.4. The van der Waals surface area contributed by atoms with E-state index in [1.807, 2.05) is 31.9 Å². The Kier molecular flexibility index (Phi) is 11.2. The molecule has 2 aromatic carbocycles. The van der Waals surface area contributed by atoms with Gasteiger partial charge in [0.05, 0.1) is 11.6 Å². The van der Waals surface area contributed by atoms with Crippen LogP contribution in [0.15, 0.2) is 41.3 Å². The predicted molar refractivity (Wildman–Crippen MR) is 185 cm³/mol. The zero-order valence-corrected chi connectivity index (χ0v) is 29.6. The zero-order chi connectivity index (χ0) is 37.4. The summed E-state index contributed by atoms with van der Waals surface area (Å²) in [6.07, 6.45) is -0.884. The number of alkyl halides is 3. The second-order valence-corrected chi connectivity index (χ2v) is 14.6. The molecule has 1 aliphatic heterocycles. The number of carbonyl (C=O) groups is 3. The monoisotopic (exact) mass is 711 g/mol. The second kappa shape index (κ2) is 15.1. The van der Waals surface area contributed by atoms with Gasteiger partial charge in [0.25, 0.3) is 5.56 Å². The van der Waals surface area contributed by atoms with Gasteiger partial charge >= 0.3 is 12.1 Å². The number of carbonyl (C=O) groups excluding carboxylic acids is 2. The van der Waals surface area contributed by atoms with Crippen LogP contribution in [0.2, 0.25) is 0 Å². The first-order valence-electron chi connectivity index (χ1n) is 17.5. The number of amides is 1. The molecule has 12 heteroatoms. The van der Waals surface area contributed by atoms with Crippen LogP contribution in [-0.2, 0) is 33.4 Å². The normalized spacial score (nSPS) is 16.6. The Balaban J connectivity index is 1.60. The van der Waals surface area contributed by atoms with Crippen molar-refractivity contribution in [3.63, 3.8) is 0 Å². The topological polar surface area (TPSA) is 109 Å². The number of nitrogens with zero attached hydrogens (tertiary/aromatic N) is 2. The third kappa shape index (κ3) is 8.43. The molecule has 1 amide bonds. The van der Waals surface area contributed by atoms with Crippen molar-refractivity contribution in [2.75, 3.05) is 20.1 Å². The van der Waals surface area contributed by atoms with Gasteiger partial charge in [0, 0.05) is 18.7 Å². The average molecular weight is 712 g/mol. The molecule has 0 radical (unpaired) electrons. The van der Waals surface area contributed by atoms with E-state index in [1.165, 1.54) is 18.3 Å². The first-order chi connectivity index (χ1) is 23.9. The standard InChI is InChI=1S/C39H45F4N3O5/c1-21(2)13-33(46-20-30(24-9-11-45(5)12-10-24)31(18-35(46)48)39(41,42)43)37(49)44-32(19-34(47)38(50)51)26-16-25-7-6-8-28(25)29(17-26)36-22(3)14-27(40)15-23(36)4/h14-18,20-21,24,32-33H,6-13,19H2,1-5H3,(H,44,49)(H,50,51)/t32-,33+/m0/s1. The Bertz CT molecular complexity index is 1870. The van der Waals surface area contributed by atoms with Crippen LogP contribution in [0.1, 0.15) is 103 Å². The lowest BCUT2D eigenvalue weighted by molar-refractivity contribution is -0.149. The lowest BCUT2D eigenvalue weighted by atomic mass is 9.86. The number of benzene rings is 2. The maximum atomic E-state index is 14.3. The summed E-state index contributed by atoms with van der Waals surface area (Å²) in [7, 11) is 1.89. The van der Waals surface area contributed by atoms with Crippen LogP contribution in [-0.4, -0.2) is 52.4 Å². The SMILES string of the molecule is Cc1cc(F)cc(C)c1-c1cc([C@H](CC(=O)C(=O)O)NC(=O)[C@@H](CC(C)C)n2cc(C3CCN(C)CC3)c(C(F)(F)F)cc2=O)cc2c1CCC2. The van der Waals surface area contributed by atoms with Crippen molar-refractivity contribution in [2.24, 2.45) is 5.92 Å². The molecule has 1 aromatic heterocycles. The van der Waals surface area contributed by atoms with Crippen molar-refractivity contribution in [1.82, 2.24) is 14.8 Å². The molecule has 3 aromatic rings. The van der Waals surface area contributed by atoms with Gasteiger partial charge in [0.2, 0.25) is 11.7 Å². The molecule has 0 saturated carbocycles. The number of piperidine rings is 1. The largest absolute Gasteiger partial charge is 0.475 e. The van der Waals surface area contributed by atoms with E-state index in [0.29, 0.717) is 55.1 Å². The molecule has 1 fully saturated rings. The summed E-state index contributed by atoms with van der Waals surface area (Å²) in [5.41, 5.74) is 3.45. The summed E-state index contributed by atoms with van der Waals surface area (Å²) in [5.74, 6) is -4.57. The molecule has 1 saturated heterocycles. The molecular formula is C39H45F4N3O5. The van der Waals surface area contributed by atoms with Gasteiger partial charge in [0.1, 0.15) is 11.9 Å². The lowest BCUT2D eigenvalue weighted by Gasteiger charge is -2.32. The average Bonchev–Trinajstić information content (AvgIpc) is 3.52. The Hall–Kier alpha value is -4.32. The van der Waals surface area contributed by atoms with Gasteiger partial charge in [-0.1, -0.05) is 19.9 Å². The van der Waals surface area contributed by atoms with Crippen LogP contribution < -0.4 is 10.9 Å². The molecule has 0 unspecified atom stereocenters. The summed E-state index contributed by atoms with van der Waals surface area (Å²) in [6.45, 7) is 8.39. The molecule has 2 heterocycles. The number of pyridine rings is 1. The lowest BCUT2D eigenvalue weighted by Crippen LogP contribution is -2.41. The van der Waals surface area contributed by atoms with Crippen molar-refractivity contribution in [3.05, 3.63) is 91.6 Å². The number of carboxylic acids is 1. The molecule has 0 bridgehead atoms. The third-order valence-electron chi connectivity index (χ3n) is 10.3. The zero-order valence-electron chi connectivity index (χ0n) is 29.6. The van der Waals surface area contributed by atoms with E-state index in [0.717, 1.165) is 39.7 Å². The number of nitrogens with one attached hydrogen (secondary N) is 1. The molecular weight excluding hydrogens is 666 g/mol. The number of hydrogen-bond acceptors (Lipinski definition) is 5. The van der Waals surface area contributed by atoms with E-state index in [-0.39, 0.29) is 23.7 Å². The Morgan fingerprint density at radius 3 is 2.24 bits per heavy atom. The van der Waals surface area contributed by atoms with Gasteiger partial charge in [0.15, 0.2) is 0 Å². The second-order valence-electron chi connectivity index (χ2n) is 14.6. The Morgan fingerprint density at radius 1 is 1.00 bits per heavy atom. The predicted octanol–water partition coefficient (Wildman–Crippen LogP) is 7.08. The molecule has 5 rings (SSSR count). The van der Waals surface area contributed by atoms with Crippen LogP contribution in [0.5, 0.6) is 0 Å². The smallest absolute Gasteiger partial charge is 0.416 e. The van der Waals surface area contributed by atoms with Crippen molar-refractivity contribution in [3.8, 4) is 11.1 Å². The molecule has 1 aliphatic carbocycles. The van der Waals surface area contributed by atoms with Gasteiger partial charge in [-0.2, -0.15) is 13.2 Å². The highest BCUT2D eigenvalue weighted by molar-refractivity contribution is 6.32. The van der Waals surface area contributed by atoms with Gasteiger partial charge in [-0.05, 0) is 147 Å². The maximum Gasteiger partial charge on any atom is 0.416 e. The van der Waals surface area contributed by atoms with Gasteiger partial charge in [-0.3, -0.25) is 14.4 Å². The molecule has 2 aliphatic rings. The fraction of sp³-hybridized carbons (Fsp3) is 0.487. The van der Waals surface area contributed by atoms with Crippen molar-refractivity contribution < 1.29 is 37.1 Å². The maximum absolute atomic E-state index is 14.3. The van der Waals surface area contributed by atoms with Crippen molar-refractivity contribution in [2.45, 2.75) is 96.8 Å². The van der Waals surface area contributed by atoms with E-state index >= 15 is 0 Å². The van der Waals surface area contributed by atoms with E-state index in [4.69, 9.17) is 0 Å². The van der Waals surface area contributed by atoms with Crippen molar-refractivity contribution in [1.29, 1.82) is 0 Å². The Labute approximate surface area is 294 Å². The number of halogens is 4. The van der Waals surface area contributed by atoms with Crippen LogP contribution in [0.4, 0.5) is 17.6 Å². The molecule has 2 N–H and O–H groups in total. The number of likely N-dealkylation sites (tertiary alicyclic amines) is 1. The molecule has 0 spiro atoms. The number of rotatable bonds is 11. The molecule has 274 valence electrons. The van der Waals surface area contributed by atoms with Gasteiger partial charge < -0.3 is 19.9 Å². The van der Waals surface area contributed by atoms with E-state index in [1.54, 1.807) is 19.9 Å². The third-order valence-corrected chi connectivity index (χ3v) is 10.3. The first kappa shape index (κ1) is 37.9. The number of Topliss-reactive ketones (excluding diaryl/α,β-unsaturated/α-hetero) is 1. The van der Waals surface area contributed by atoms with Crippen LogP contribution in [0.3, 0.4) is 0 Å². The molecule has 2 atom stereocenters. The van der Waals surface area contributed by atoms with E-state index in [9.17, 15) is 41.8 Å². The summed E-state index contributed by atoms with van der Waals surface area (Å²) in [4.78, 5) is 54.3. The number of aliphatic carboxylic acids is 1. The van der Waals surface area contributed by atoms with Crippen LogP contribution in [0, 0.1) is 25.6 Å². The minimum Gasteiger partial charge on any atom is -0.475 e. The van der Waals surface area contributed by atoms with Crippen LogP contribution in [0.25, 0.3) is 11.1 Å². The van der Waals surface area contributed by atoms with Crippen molar-refractivity contribution >= 4 is 17.7 Å². The highest BCUT2D eigenvalue weighted by Gasteiger charge is 2.38. The quantitative estimate of drug-likeness (QED) is 0.163. The summed E-state index contributed by atoms with van der Waals surface area (Å²) >= 11 is 0. The first-order valence-corrected chi connectivity index (χ1v) is 17.5. The number of hydrogen-bond donors (Lipinski definition) is 2. The van der Waals surface area contributed by atoms with Gasteiger partial charge in [-0.15, -0.1) is 0 Å². The minimum atomic E-state index is -4.78.